The highest BCUT2D eigenvalue weighted by Crippen LogP contribution is 2.15. The van der Waals surface area contributed by atoms with E-state index in [0.29, 0.717) is 13.1 Å². The Morgan fingerprint density at radius 2 is 1.81 bits per heavy atom. The monoisotopic (exact) mass is 265 g/mol. The molecule has 1 fully saturated rings. The van der Waals surface area contributed by atoms with E-state index < -0.39 is 10.2 Å². The van der Waals surface area contributed by atoms with E-state index in [-0.39, 0.29) is 11.5 Å². The van der Waals surface area contributed by atoms with E-state index in [1.807, 2.05) is 0 Å². The summed E-state index contributed by atoms with van der Waals surface area (Å²) in [5, 5.41) is 0. The third-order valence-electron chi connectivity index (χ3n) is 2.66. The second-order valence-electron chi connectivity index (χ2n) is 4.04. The molecular formula is C9H19N3O2S2. The summed E-state index contributed by atoms with van der Waals surface area (Å²) in [6.45, 7) is 1.31. The molecule has 0 bridgehead atoms. The molecule has 1 heterocycles. The van der Waals surface area contributed by atoms with Crippen LogP contribution in [0.1, 0.15) is 25.7 Å². The molecule has 0 aromatic rings. The summed E-state index contributed by atoms with van der Waals surface area (Å²) in [4.78, 5) is 0.195. The third-order valence-corrected chi connectivity index (χ3v) is 4.73. The highest BCUT2D eigenvalue weighted by atomic mass is 32.2. The fraction of sp³-hybridized carbons (Fsp3) is 0.889. The molecule has 1 rings (SSSR count). The Labute approximate surface area is 103 Å². The van der Waals surface area contributed by atoms with Crippen molar-refractivity contribution in [1.29, 1.82) is 0 Å². The maximum atomic E-state index is 12.1. The first-order valence-electron chi connectivity index (χ1n) is 5.44. The molecule has 0 aromatic carbocycles. The van der Waals surface area contributed by atoms with Crippen LogP contribution in [0.15, 0.2) is 0 Å². The third kappa shape index (κ3) is 3.65. The summed E-state index contributed by atoms with van der Waals surface area (Å²) >= 11 is 4.72. The summed E-state index contributed by atoms with van der Waals surface area (Å²) in [5.41, 5.74) is 5.36. The minimum absolute atomic E-state index is 0.105. The van der Waals surface area contributed by atoms with Crippen molar-refractivity contribution in [2.24, 2.45) is 5.73 Å². The molecule has 0 atom stereocenters. The topological polar surface area (TPSA) is 66.6 Å². The Morgan fingerprint density at radius 1 is 1.31 bits per heavy atom. The Bertz CT molecular complexity index is 335. The van der Waals surface area contributed by atoms with Crippen molar-refractivity contribution in [2.75, 3.05) is 26.7 Å². The molecule has 0 aliphatic carbocycles. The zero-order valence-corrected chi connectivity index (χ0v) is 11.2. The fourth-order valence-electron chi connectivity index (χ4n) is 1.77. The van der Waals surface area contributed by atoms with E-state index in [4.69, 9.17) is 18.0 Å². The molecule has 2 N–H and O–H groups in total. The van der Waals surface area contributed by atoms with E-state index in [1.54, 1.807) is 0 Å². The second-order valence-corrected chi connectivity index (χ2v) is 6.60. The molecule has 1 saturated heterocycles. The van der Waals surface area contributed by atoms with Crippen molar-refractivity contribution in [3.05, 3.63) is 0 Å². The van der Waals surface area contributed by atoms with E-state index in [1.165, 1.54) is 15.7 Å². The second kappa shape index (κ2) is 5.90. The van der Waals surface area contributed by atoms with Crippen molar-refractivity contribution < 1.29 is 8.42 Å². The zero-order chi connectivity index (χ0) is 12.2. The largest absolute Gasteiger partial charge is 0.392 e. The molecular weight excluding hydrogens is 246 g/mol. The first-order chi connectivity index (χ1) is 7.44. The van der Waals surface area contributed by atoms with Crippen LogP contribution < -0.4 is 5.73 Å². The normalized spacial score (nSPS) is 19.6. The maximum Gasteiger partial charge on any atom is 0.282 e. The van der Waals surface area contributed by atoms with Gasteiger partial charge in [-0.2, -0.15) is 17.0 Å². The Morgan fingerprint density at radius 3 is 2.25 bits per heavy atom. The minimum Gasteiger partial charge on any atom is -0.392 e. The Kier molecular flexibility index (Phi) is 5.10. The van der Waals surface area contributed by atoms with Crippen LogP contribution in [0.4, 0.5) is 0 Å². The van der Waals surface area contributed by atoms with E-state index in [2.05, 4.69) is 0 Å². The van der Waals surface area contributed by atoms with Gasteiger partial charge in [0.25, 0.3) is 10.2 Å². The summed E-state index contributed by atoms with van der Waals surface area (Å²) in [5.74, 6) is 0. The van der Waals surface area contributed by atoms with Crippen LogP contribution in [-0.4, -0.2) is 48.7 Å². The van der Waals surface area contributed by atoms with Gasteiger partial charge in [-0.3, -0.25) is 0 Å². The molecule has 0 amide bonds. The van der Waals surface area contributed by atoms with Gasteiger partial charge in [0, 0.05) is 20.1 Å². The first kappa shape index (κ1) is 13.8. The summed E-state index contributed by atoms with van der Waals surface area (Å²) in [6, 6.07) is 0. The minimum atomic E-state index is -3.38. The van der Waals surface area contributed by atoms with Gasteiger partial charge >= 0.3 is 0 Å². The number of rotatable bonds is 4. The lowest BCUT2D eigenvalue weighted by molar-refractivity contribution is 0.378. The number of hydrogen-bond acceptors (Lipinski definition) is 3. The molecule has 0 spiro atoms. The van der Waals surface area contributed by atoms with Crippen LogP contribution in [0.5, 0.6) is 0 Å². The highest BCUT2D eigenvalue weighted by Gasteiger charge is 2.27. The fourth-order valence-corrected chi connectivity index (χ4v) is 3.46. The van der Waals surface area contributed by atoms with Crippen LogP contribution in [-0.2, 0) is 10.2 Å². The van der Waals surface area contributed by atoms with Crippen LogP contribution in [0.25, 0.3) is 0 Å². The quantitative estimate of drug-likeness (QED) is 0.744. The lowest BCUT2D eigenvalue weighted by atomic mass is 10.2. The van der Waals surface area contributed by atoms with Crippen LogP contribution >= 0.6 is 12.2 Å². The average molecular weight is 265 g/mol. The molecule has 5 nitrogen and oxygen atoms in total. The van der Waals surface area contributed by atoms with E-state index in [9.17, 15) is 8.42 Å². The van der Waals surface area contributed by atoms with Crippen molar-refractivity contribution >= 4 is 27.4 Å². The molecule has 1 aliphatic rings. The van der Waals surface area contributed by atoms with Crippen molar-refractivity contribution in [2.45, 2.75) is 25.7 Å². The predicted molar refractivity (Wildman–Crippen MR) is 68.4 cm³/mol. The SMILES string of the molecule is CN(CC(N)=S)S(=O)(=O)N1CCCCCC1. The average Bonchev–Trinajstić information content (AvgIpc) is 2.44. The molecule has 0 aromatic heterocycles. The Balaban J connectivity index is 2.70. The molecule has 1 aliphatic heterocycles. The van der Waals surface area contributed by atoms with Gasteiger partial charge in [0.2, 0.25) is 0 Å². The number of nitrogens with zero attached hydrogens (tertiary/aromatic N) is 2. The van der Waals surface area contributed by atoms with Crippen molar-refractivity contribution in [3.8, 4) is 0 Å². The van der Waals surface area contributed by atoms with Gasteiger partial charge < -0.3 is 5.73 Å². The van der Waals surface area contributed by atoms with Gasteiger partial charge in [0.05, 0.1) is 11.5 Å². The van der Waals surface area contributed by atoms with Crippen LogP contribution in [0, 0.1) is 0 Å². The summed E-state index contributed by atoms with van der Waals surface area (Å²) in [6.07, 6.45) is 4.07. The van der Waals surface area contributed by atoms with Gasteiger partial charge in [-0.25, -0.2) is 0 Å². The maximum absolute atomic E-state index is 12.1. The van der Waals surface area contributed by atoms with Gasteiger partial charge in [-0.1, -0.05) is 25.1 Å². The Hall–Kier alpha value is -0.240. The molecule has 94 valence electrons. The van der Waals surface area contributed by atoms with Gasteiger partial charge in [0.15, 0.2) is 0 Å². The van der Waals surface area contributed by atoms with Gasteiger partial charge in [-0.05, 0) is 12.8 Å². The molecule has 7 heteroatoms. The van der Waals surface area contributed by atoms with Crippen molar-refractivity contribution in [1.82, 2.24) is 8.61 Å². The molecule has 0 unspecified atom stereocenters. The van der Waals surface area contributed by atoms with Crippen LogP contribution in [0.2, 0.25) is 0 Å². The number of thiocarbonyl (C=S) groups is 1. The first-order valence-corrected chi connectivity index (χ1v) is 7.25. The smallest absolute Gasteiger partial charge is 0.282 e. The lowest BCUT2D eigenvalue weighted by Gasteiger charge is -2.25. The number of likely N-dealkylation sites (N-methyl/N-ethyl adjacent to an activating group) is 1. The van der Waals surface area contributed by atoms with Crippen LogP contribution in [0.3, 0.4) is 0 Å². The highest BCUT2D eigenvalue weighted by molar-refractivity contribution is 7.86. The molecule has 16 heavy (non-hydrogen) atoms. The standard InChI is InChI=1S/C9H19N3O2S2/c1-11(8-9(10)15)16(13,14)12-6-4-2-3-5-7-12/h2-8H2,1H3,(H2,10,15). The molecule has 0 radical (unpaired) electrons. The van der Waals surface area contributed by atoms with Gasteiger partial charge in [-0.15, -0.1) is 0 Å². The predicted octanol–water partition coefficient (Wildman–Crippen LogP) is 0.325. The molecule has 0 saturated carbocycles. The van der Waals surface area contributed by atoms with E-state index in [0.717, 1.165) is 25.7 Å². The zero-order valence-electron chi connectivity index (χ0n) is 9.55. The number of nitrogens with two attached hydrogens (primary N) is 1. The summed E-state index contributed by atoms with van der Waals surface area (Å²) in [7, 11) is -1.87. The lowest BCUT2D eigenvalue weighted by Crippen LogP contribution is -2.45. The van der Waals surface area contributed by atoms with Crippen molar-refractivity contribution in [3.63, 3.8) is 0 Å². The van der Waals surface area contributed by atoms with E-state index >= 15 is 0 Å². The summed E-state index contributed by atoms with van der Waals surface area (Å²) < 4.78 is 27.0. The number of hydrogen-bond donors (Lipinski definition) is 1. The van der Waals surface area contributed by atoms with Gasteiger partial charge in [0.1, 0.15) is 0 Å².